The highest BCUT2D eigenvalue weighted by molar-refractivity contribution is 6.30. The lowest BCUT2D eigenvalue weighted by atomic mass is 9.80. The van der Waals surface area contributed by atoms with Crippen molar-refractivity contribution in [1.82, 2.24) is 0 Å². The molecular formula is C17H17ClO. The van der Waals surface area contributed by atoms with Crippen molar-refractivity contribution in [3.63, 3.8) is 0 Å². The zero-order chi connectivity index (χ0) is 13.1. The van der Waals surface area contributed by atoms with Crippen molar-refractivity contribution in [3.8, 4) is 5.75 Å². The van der Waals surface area contributed by atoms with Gasteiger partial charge in [-0.3, -0.25) is 0 Å². The monoisotopic (exact) mass is 272 g/mol. The van der Waals surface area contributed by atoms with E-state index >= 15 is 0 Å². The summed E-state index contributed by atoms with van der Waals surface area (Å²) >= 11 is 5.84. The molecule has 1 aliphatic carbocycles. The van der Waals surface area contributed by atoms with Gasteiger partial charge in [0.15, 0.2) is 0 Å². The molecule has 2 aromatic rings. The lowest BCUT2D eigenvalue weighted by Gasteiger charge is -2.25. The van der Waals surface area contributed by atoms with E-state index in [4.69, 9.17) is 16.3 Å². The molecule has 2 heteroatoms. The molecule has 0 N–H and O–H groups in total. The molecule has 0 radical (unpaired) electrons. The third-order valence-corrected chi connectivity index (χ3v) is 4.03. The van der Waals surface area contributed by atoms with Crippen LogP contribution >= 0.6 is 11.6 Å². The number of rotatable bonds is 4. The summed E-state index contributed by atoms with van der Waals surface area (Å²) in [6.45, 7) is 0.604. The maximum atomic E-state index is 5.84. The van der Waals surface area contributed by atoms with E-state index < -0.39 is 0 Å². The van der Waals surface area contributed by atoms with Gasteiger partial charge in [0.05, 0.1) is 0 Å². The van der Waals surface area contributed by atoms with E-state index in [1.54, 1.807) is 0 Å². The van der Waals surface area contributed by atoms with E-state index in [9.17, 15) is 0 Å². The van der Waals surface area contributed by atoms with Crippen LogP contribution in [0.1, 0.15) is 36.3 Å². The summed E-state index contributed by atoms with van der Waals surface area (Å²) in [4.78, 5) is 0. The second-order valence-corrected chi connectivity index (χ2v) is 5.55. The number of ether oxygens (including phenoxy) is 1. The third-order valence-electron chi connectivity index (χ3n) is 3.78. The van der Waals surface area contributed by atoms with Crippen molar-refractivity contribution < 1.29 is 4.74 Å². The van der Waals surface area contributed by atoms with E-state index in [1.807, 2.05) is 24.3 Å². The van der Waals surface area contributed by atoms with Gasteiger partial charge in [-0.1, -0.05) is 42.3 Å². The molecule has 1 saturated carbocycles. The number of hydrogen-bond acceptors (Lipinski definition) is 1. The second-order valence-electron chi connectivity index (χ2n) is 5.11. The summed E-state index contributed by atoms with van der Waals surface area (Å²) in [6, 6.07) is 16.3. The molecule has 0 aromatic heterocycles. The van der Waals surface area contributed by atoms with E-state index in [0.29, 0.717) is 6.61 Å². The molecule has 0 spiro atoms. The topological polar surface area (TPSA) is 9.23 Å². The van der Waals surface area contributed by atoms with Crippen molar-refractivity contribution in [1.29, 1.82) is 0 Å². The van der Waals surface area contributed by atoms with Crippen LogP contribution in [0.15, 0.2) is 48.5 Å². The first-order valence-electron chi connectivity index (χ1n) is 6.78. The van der Waals surface area contributed by atoms with Crippen LogP contribution in [-0.2, 0) is 6.61 Å². The first-order chi connectivity index (χ1) is 9.31. The first-order valence-corrected chi connectivity index (χ1v) is 7.16. The Bertz CT molecular complexity index is 526. The molecule has 1 fully saturated rings. The van der Waals surface area contributed by atoms with Crippen LogP contribution in [0.5, 0.6) is 5.75 Å². The minimum absolute atomic E-state index is 0.604. The van der Waals surface area contributed by atoms with Crippen LogP contribution in [0, 0.1) is 0 Å². The van der Waals surface area contributed by atoms with Crippen molar-refractivity contribution >= 4 is 11.6 Å². The molecule has 0 unspecified atom stereocenters. The van der Waals surface area contributed by atoms with Crippen LogP contribution in [0.25, 0.3) is 0 Å². The molecule has 0 saturated heterocycles. The fraction of sp³-hybridized carbons (Fsp3) is 0.294. The smallest absolute Gasteiger partial charge is 0.119 e. The Morgan fingerprint density at radius 3 is 2.21 bits per heavy atom. The summed E-state index contributed by atoms with van der Waals surface area (Å²) < 4.78 is 5.73. The summed E-state index contributed by atoms with van der Waals surface area (Å²) in [5.41, 5.74) is 2.68. The minimum Gasteiger partial charge on any atom is -0.489 e. The quantitative estimate of drug-likeness (QED) is 0.744. The molecule has 0 heterocycles. The van der Waals surface area contributed by atoms with E-state index in [2.05, 4.69) is 24.3 Å². The highest BCUT2D eigenvalue weighted by atomic mass is 35.5. The molecular weight excluding hydrogens is 256 g/mol. The molecule has 3 rings (SSSR count). The Morgan fingerprint density at radius 2 is 1.63 bits per heavy atom. The van der Waals surface area contributed by atoms with Gasteiger partial charge >= 0.3 is 0 Å². The van der Waals surface area contributed by atoms with Gasteiger partial charge in [-0.05, 0) is 54.2 Å². The fourth-order valence-electron chi connectivity index (χ4n) is 2.33. The first kappa shape index (κ1) is 12.6. The van der Waals surface area contributed by atoms with Crippen LogP contribution < -0.4 is 4.74 Å². The van der Waals surface area contributed by atoms with Crippen LogP contribution in [0.2, 0.25) is 5.02 Å². The summed E-state index contributed by atoms with van der Waals surface area (Å²) in [5.74, 6) is 1.65. The van der Waals surface area contributed by atoms with Gasteiger partial charge in [0.2, 0.25) is 0 Å². The predicted molar refractivity (Wildman–Crippen MR) is 78.8 cm³/mol. The lowest BCUT2D eigenvalue weighted by molar-refractivity contribution is 0.306. The van der Waals surface area contributed by atoms with E-state index in [1.165, 1.54) is 30.4 Å². The van der Waals surface area contributed by atoms with Gasteiger partial charge in [-0.2, -0.15) is 0 Å². The zero-order valence-electron chi connectivity index (χ0n) is 10.8. The molecule has 0 amide bonds. The van der Waals surface area contributed by atoms with Crippen LogP contribution in [0.3, 0.4) is 0 Å². The van der Waals surface area contributed by atoms with Gasteiger partial charge in [-0.15, -0.1) is 0 Å². The van der Waals surface area contributed by atoms with Crippen molar-refractivity contribution in [2.75, 3.05) is 0 Å². The number of hydrogen-bond donors (Lipinski definition) is 0. The third kappa shape index (κ3) is 3.10. The molecule has 0 aliphatic heterocycles. The zero-order valence-corrected chi connectivity index (χ0v) is 11.6. The second kappa shape index (κ2) is 5.66. The van der Waals surface area contributed by atoms with Crippen molar-refractivity contribution in [2.24, 2.45) is 0 Å². The molecule has 1 nitrogen and oxygen atoms in total. The van der Waals surface area contributed by atoms with E-state index in [-0.39, 0.29) is 0 Å². The van der Waals surface area contributed by atoms with Gasteiger partial charge in [0.1, 0.15) is 12.4 Å². The molecule has 0 bridgehead atoms. The van der Waals surface area contributed by atoms with Gasteiger partial charge in [0, 0.05) is 5.02 Å². The Hall–Kier alpha value is -1.47. The van der Waals surface area contributed by atoms with Gasteiger partial charge in [-0.25, -0.2) is 0 Å². The van der Waals surface area contributed by atoms with Crippen LogP contribution in [-0.4, -0.2) is 0 Å². The van der Waals surface area contributed by atoms with Crippen LogP contribution in [0.4, 0.5) is 0 Å². The highest BCUT2D eigenvalue weighted by Gasteiger charge is 2.18. The SMILES string of the molecule is Clc1ccc(OCc2ccc(C3CCC3)cc2)cc1. The molecule has 0 atom stereocenters. The molecule has 19 heavy (non-hydrogen) atoms. The average molecular weight is 273 g/mol. The summed E-state index contributed by atoms with van der Waals surface area (Å²) in [6.07, 6.45) is 4.08. The normalized spacial score (nSPS) is 15.0. The molecule has 1 aliphatic rings. The van der Waals surface area contributed by atoms with Crippen molar-refractivity contribution in [2.45, 2.75) is 31.8 Å². The maximum Gasteiger partial charge on any atom is 0.119 e. The van der Waals surface area contributed by atoms with Gasteiger partial charge < -0.3 is 4.74 Å². The standard InChI is InChI=1S/C17H17ClO/c18-16-8-10-17(11-9-16)19-12-13-4-6-15(7-5-13)14-2-1-3-14/h4-11,14H,1-3,12H2. The van der Waals surface area contributed by atoms with Gasteiger partial charge in [0.25, 0.3) is 0 Å². The Kier molecular flexibility index (Phi) is 3.74. The maximum absolute atomic E-state index is 5.84. The van der Waals surface area contributed by atoms with Crippen molar-refractivity contribution in [3.05, 3.63) is 64.7 Å². The highest BCUT2D eigenvalue weighted by Crippen LogP contribution is 2.36. The fourth-order valence-corrected chi connectivity index (χ4v) is 2.45. The van der Waals surface area contributed by atoms with E-state index in [0.717, 1.165) is 16.7 Å². The Morgan fingerprint density at radius 1 is 0.947 bits per heavy atom. The summed E-state index contributed by atoms with van der Waals surface area (Å²) in [5, 5.41) is 0.734. The lowest BCUT2D eigenvalue weighted by Crippen LogP contribution is -2.08. The summed E-state index contributed by atoms with van der Waals surface area (Å²) in [7, 11) is 0. The Labute approximate surface area is 119 Å². The average Bonchev–Trinajstić information content (AvgIpc) is 2.38. The number of benzene rings is 2. The number of halogens is 1. The predicted octanol–water partition coefficient (Wildman–Crippen LogP) is 5.19. The Balaban J connectivity index is 1.58. The molecule has 2 aromatic carbocycles. The molecule has 98 valence electrons. The largest absolute Gasteiger partial charge is 0.489 e. The minimum atomic E-state index is 0.604.